The topological polar surface area (TPSA) is 29.1 Å². The summed E-state index contributed by atoms with van der Waals surface area (Å²) < 4.78 is 1.05. The van der Waals surface area contributed by atoms with Crippen molar-refractivity contribution in [1.29, 1.82) is 0 Å². The Bertz CT molecular complexity index is 470. The van der Waals surface area contributed by atoms with Crippen molar-refractivity contribution in [3.05, 3.63) is 34.3 Å². The summed E-state index contributed by atoms with van der Waals surface area (Å²) in [7, 11) is 0. The van der Waals surface area contributed by atoms with Gasteiger partial charge in [-0.3, -0.25) is 4.79 Å². The Morgan fingerprint density at radius 2 is 1.86 bits per heavy atom. The molecule has 3 heteroatoms. The smallest absolute Gasteiger partial charge is 0.138 e. The predicted molar refractivity (Wildman–Crippen MR) is 91.6 cm³/mol. The minimum atomic E-state index is -0.0342. The van der Waals surface area contributed by atoms with Gasteiger partial charge < -0.3 is 5.32 Å². The van der Waals surface area contributed by atoms with Crippen molar-refractivity contribution in [3.63, 3.8) is 0 Å². The second kappa shape index (κ2) is 7.06. The molecule has 1 unspecified atom stereocenters. The van der Waals surface area contributed by atoms with Gasteiger partial charge in [-0.05, 0) is 55.7 Å². The van der Waals surface area contributed by atoms with Crippen LogP contribution in [0.3, 0.4) is 0 Å². The Morgan fingerprint density at radius 1 is 1.29 bits per heavy atom. The normalized spacial score (nSPS) is 20.2. The molecule has 0 aromatic heterocycles. The Balaban J connectivity index is 1.92. The van der Waals surface area contributed by atoms with E-state index in [4.69, 9.17) is 0 Å². The van der Waals surface area contributed by atoms with Crippen LogP contribution in [0.4, 0.5) is 0 Å². The maximum absolute atomic E-state index is 12.0. The van der Waals surface area contributed by atoms with Crippen LogP contribution < -0.4 is 5.32 Å². The molecule has 1 aliphatic carbocycles. The van der Waals surface area contributed by atoms with Gasteiger partial charge in [0.1, 0.15) is 5.78 Å². The standard InChI is InChI=1S/C18H26BrNO/c1-13(21)17(14-4-6-15(19)7-5-14)12-20-16-8-10-18(2,3)11-9-16/h4-7,16-17,20H,8-12H2,1-3H3. The molecule has 0 radical (unpaired) electrons. The Labute approximate surface area is 136 Å². The molecule has 0 aliphatic heterocycles. The summed E-state index contributed by atoms with van der Waals surface area (Å²) in [5.74, 6) is 0.203. The van der Waals surface area contributed by atoms with E-state index in [9.17, 15) is 4.79 Å². The third-order valence-electron chi connectivity index (χ3n) is 4.71. The molecule has 1 aromatic rings. The summed E-state index contributed by atoms with van der Waals surface area (Å²) >= 11 is 3.44. The molecule has 116 valence electrons. The van der Waals surface area contributed by atoms with E-state index in [1.165, 1.54) is 25.7 Å². The van der Waals surface area contributed by atoms with E-state index < -0.39 is 0 Å². The number of rotatable bonds is 5. The van der Waals surface area contributed by atoms with E-state index in [0.717, 1.165) is 16.6 Å². The molecular weight excluding hydrogens is 326 g/mol. The number of halogens is 1. The number of ketones is 1. The zero-order valence-electron chi connectivity index (χ0n) is 13.3. The molecule has 2 nitrogen and oxygen atoms in total. The van der Waals surface area contributed by atoms with Gasteiger partial charge >= 0.3 is 0 Å². The van der Waals surface area contributed by atoms with Crippen LogP contribution in [0.5, 0.6) is 0 Å². The summed E-state index contributed by atoms with van der Waals surface area (Å²) in [5.41, 5.74) is 1.60. The lowest BCUT2D eigenvalue weighted by Crippen LogP contribution is -2.38. The van der Waals surface area contributed by atoms with E-state index >= 15 is 0 Å². The second-order valence-electron chi connectivity index (χ2n) is 7.06. The molecule has 1 fully saturated rings. The number of hydrogen-bond donors (Lipinski definition) is 1. The summed E-state index contributed by atoms with van der Waals surface area (Å²) in [6, 6.07) is 8.67. The SMILES string of the molecule is CC(=O)C(CNC1CCC(C)(C)CC1)c1ccc(Br)cc1. The summed E-state index contributed by atoms with van der Waals surface area (Å²) in [6.07, 6.45) is 4.98. The first-order valence-corrected chi connectivity index (χ1v) is 8.66. The third-order valence-corrected chi connectivity index (χ3v) is 5.24. The van der Waals surface area contributed by atoms with Gasteiger partial charge in [0.15, 0.2) is 0 Å². The van der Waals surface area contributed by atoms with Crippen molar-refractivity contribution < 1.29 is 4.79 Å². The highest BCUT2D eigenvalue weighted by molar-refractivity contribution is 9.10. The first kappa shape index (κ1) is 16.7. The number of carbonyl (C=O) groups excluding carboxylic acids is 1. The lowest BCUT2D eigenvalue weighted by molar-refractivity contribution is -0.118. The first-order valence-electron chi connectivity index (χ1n) is 7.87. The number of Topliss-reactive ketones (excluding diaryl/α,β-unsaturated/α-hetero) is 1. The summed E-state index contributed by atoms with van der Waals surface area (Å²) in [6.45, 7) is 7.15. The van der Waals surface area contributed by atoms with Crippen LogP contribution in [0.2, 0.25) is 0 Å². The van der Waals surface area contributed by atoms with Crippen LogP contribution in [-0.4, -0.2) is 18.4 Å². The van der Waals surface area contributed by atoms with Gasteiger partial charge in [0.25, 0.3) is 0 Å². The Kier molecular flexibility index (Phi) is 5.61. The zero-order valence-corrected chi connectivity index (χ0v) is 14.9. The number of benzene rings is 1. The van der Waals surface area contributed by atoms with Gasteiger partial charge in [-0.25, -0.2) is 0 Å². The average Bonchev–Trinajstić information content (AvgIpc) is 2.42. The van der Waals surface area contributed by atoms with E-state index in [0.29, 0.717) is 11.5 Å². The molecule has 1 aliphatic rings. The maximum atomic E-state index is 12.0. The fourth-order valence-corrected chi connectivity index (χ4v) is 3.34. The molecule has 0 heterocycles. The van der Waals surface area contributed by atoms with Crippen LogP contribution in [-0.2, 0) is 4.79 Å². The number of carbonyl (C=O) groups is 1. The van der Waals surface area contributed by atoms with Crippen LogP contribution in [0.15, 0.2) is 28.7 Å². The predicted octanol–water partition coefficient (Wildman–Crippen LogP) is 4.68. The van der Waals surface area contributed by atoms with Gasteiger partial charge in [-0.15, -0.1) is 0 Å². The minimum Gasteiger partial charge on any atom is -0.313 e. The van der Waals surface area contributed by atoms with Gasteiger partial charge in [0.05, 0.1) is 5.92 Å². The fourth-order valence-electron chi connectivity index (χ4n) is 3.08. The van der Waals surface area contributed by atoms with Crippen molar-refractivity contribution >= 4 is 21.7 Å². The lowest BCUT2D eigenvalue weighted by Gasteiger charge is -2.35. The van der Waals surface area contributed by atoms with Gasteiger partial charge in [0.2, 0.25) is 0 Å². The van der Waals surface area contributed by atoms with Crippen LogP contribution in [0.25, 0.3) is 0 Å². The minimum absolute atomic E-state index is 0.0342. The van der Waals surface area contributed by atoms with Gasteiger partial charge in [-0.2, -0.15) is 0 Å². The van der Waals surface area contributed by atoms with Crippen LogP contribution >= 0.6 is 15.9 Å². The van der Waals surface area contributed by atoms with E-state index in [2.05, 4.69) is 35.1 Å². The van der Waals surface area contributed by atoms with Crippen LogP contribution in [0, 0.1) is 5.41 Å². The van der Waals surface area contributed by atoms with Crippen molar-refractivity contribution in [2.24, 2.45) is 5.41 Å². The largest absolute Gasteiger partial charge is 0.313 e. The Hall–Kier alpha value is -0.670. The molecule has 1 atom stereocenters. The fraction of sp³-hybridized carbons (Fsp3) is 0.611. The quantitative estimate of drug-likeness (QED) is 0.834. The van der Waals surface area contributed by atoms with Crippen molar-refractivity contribution in [2.75, 3.05) is 6.54 Å². The molecule has 0 saturated heterocycles. The van der Waals surface area contributed by atoms with Gasteiger partial charge in [0, 0.05) is 17.1 Å². The maximum Gasteiger partial charge on any atom is 0.138 e. The summed E-state index contributed by atoms with van der Waals surface area (Å²) in [4.78, 5) is 12.0. The summed E-state index contributed by atoms with van der Waals surface area (Å²) in [5, 5.41) is 3.62. The monoisotopic (exact) mass is 351 g/mol. The molecular formula is C18H26BrNO. The highest BCUT2D eigenvalue weighted by Crippen LogP contribution is 2.35. The molecule has 0 spiro atoms. The lowest BCUT2D eigenvalue weighted by atomic mass is 9.75. The zero-order chi connectivity index (χ0) is 15.5. The molecule has 0 bridgehead atoms. The molecule has 1 aromatic carbocycles. The van der Waals surface area contributed by atoms with Gasteiger partial charge in [-0.1, -0.05) is 41.9 Å². The van der Waals surface area contributed by atoms with Crippen molar-refractivity contribution in [3.8, 4) is 0 Å². The van der Waals surface area contributed by atoms with Crippen molar-refractivity contribution in [2.45, 2.75) is 58.4 Å². The average molecular weight is 352 g/mol. The molecule has 21 heavy (non-hydrogen) atoms. The Morgan fingerprint density at radius 3 is 2.38 bits per heavy atom. The van der Waals surface area contributed by atoms with E-state index in [1.54, 1.807) is 6.92 Å². The highest BCUT2D eigenvalue weighted by atomic mass is 79.9. The first-order chi connectivity index (χ1) is 9.87. The van der Waals surface area contributed by atoms with Crippen molar-refractivity contribution in [1.82, 2.24) is 5.32 Å². The second-order valence-corrected chi connectivity index (χ2v) is 7.98. The molecule has 1 N–H and O–H groups in total. The third kappa shape index (κ3) is 4.93. The van der Waals surface area contributed by atoms with E-state index in [1.807, 2.05) is 24.3 Å². The number of nitrogens with one attached hydrogen (secondary N) is 1. The molecule has 0 amide bonds. The highest BCUT2D eigenvalue weighted by Gasteiger charge is 2.27. The van der Waals surface area contributed by atoms with Crippen LogP contribution in [0.1, 0.15) is 57.9 Å². The number of hydrogen-bond acceptors (Lipinski definition) is 2. The molecule has 1 saturated carbocycles. The van der Waals surface area contributed by atoms with E-state index in [-0.39, 0.29) is 11.7 Å². The molecule has 2 rings (SSSR count).